The summed E-state index contributed by atoms with van der Waals surface area (Å²) in [5.74, 6) is 0.887. The first-order valence-corrected chi connectivity index (χ1v) is 6.58. The summed E-state index contributed by atoms with van der Waals surface area (Å²) in [6.07, 6.45) is 4.23. The molecule has 1 atom stereocenters. The molecule has 1 aromatic carbocycles. The van der Waals surface area contributed by atoms with Crippen LogP contribution in [0, 0.1) is 0 Å². The highest BCUT2D eigenvalue weighted by atomic mass is 16.5. The standard InChI is InChI=1S/C15H21NO2/c1-11(15(17)16(2)3)18-14-10-6-8-12-7-4-5-9-13(12)14/h6,8,10-11H,4-5,7,9H2,1-3H3. The van der Waals surface area contributed by atoms with Crippen LogP contribution in [-0.4, -0.2) is 31.0 Å². The molecule has 0 heterocycles. The molecule has 0 bridgehead atoms. The molecule has 0 saturated heterocycles. The normalized spacial score (nSPS) is 15.7. The number of fused-ring (bicyclic) bond motifs is 1. The van der Waals surface area contributed by atoms with E-state index in [1.54, 1.807) is 19.0 Å². The summed E-state index contributed by atoms with van der Waals surface area (Å²) in [6.45, 7) is 1.81. The van der Waals surface area contributed by atoms with E-state index in [9.17, 15) is 4.79 Å². The molecule has 1 aliphatic rings. The molecular formula is C15H21NO2. The van der Waals surface area contributed by atoms with Crippen molar-refractivity contribution in [2.75, 3.05) is 14.1 Å². The maximum Gasteiger partial charge on any atom is 0.262 e. The Hall–Kier alpha value is -1.51. The van der Waals surface area contributed by atoms with Gasteiger partial charge in [0.2, 0.25) is 0 Å². The lowest BCUT2D eigenvalue weighted by molar-refractivity contribution is -0.135. The first-order chi connectivity index (χ1) is 8.59. The van der Waals surface area contributed by atoms with Crippen LogP contribution < -0.4 is 4.74 Å². The van der Waals surface area contributed by atoms with Crippen LogP contribution in [-0.2, 0) is 17.6 Å². The summed E-state index contributed by atoms with van der Waals surface area (Å²) in [7, 11) is 3.51. The second-order valence-corrected chi connectivity index (χ2v) is 5.09. The topological polar surface area (TPSA) is 29.5 Å². The number of hydrogen-bond acceptors (Lipinski definition) is 2. The number of nitrogens with zero attached hydrogens (tertiary/aromatic N) is 1. The van der Waals surface area contributed by atoms with Crippen LogP contribution >= 0.6 is 0 Å². The van der Waals surface area contributed by atoms with E-state index in [1.165, 1.54) is 24.0 Å². The maximum absolute atomic E-state index is 11.8. The third-order valence-corrected chi connectivity index (χ3v) is 3.45. The van der Waals surface area contributed by atoms with Crippen molar-refractivity contribution in [3.8, 4) is 5.75 Å². The number of aryl methyl sites for hydroxylation is 1. The van der Waals surface area contributed by atoms with Gasteiger partial charge in [-0.2, -0.15) is 0 Å². The Morgan fingerprint density at radius 2 is 2.00 bits per heavy atom. The van der Waals surface area contributed by atoms with E-state index in [0.29, 0.717) is 0 Å². The summed E-state index contributed by atoms with van der Waals surface area (Å²) in [4.78, 5) is 13.4. The Balaban J connectivity index is 2.17. The molecule has 0 N–H and O–H groups in total. The van der Waals surface area contributed by atoms with Crippen molar-refractivity contribution in [2.24, 2.45) is 0 Å². The van der Waals surface area contributed by atoms with E-state index in [-0.39, 0.29) is 5.91 Å². The van der Waals surface area contributed by atoms with Gasteiger partial charge in [-0.25, -0.2) is 0 Å². The van der Waals surface area contributed by atoms with Crippen LogP contribution in [0.4, 0.5) is 0 Å². The number of amides is 1. The fraction of sp³-hybridized carbons (Fsp3) is 0.533. The summed E-state index contributed by atoms with van der Waals surface area (Å²) in [6, 6.07) is 6.16. The number of carbonyl (C=O) groups is 1. The SMILES string of the molecule is CC(Oc1cccc2c1CCCC2)C(=O)N(C)C. The van der Waals surface area contributed by atoms with Crippen molar-refractivity contribution in [3.05, 3.63) is 29.3 Å². The van der Waals surface area contributed by atoms with Crippen LogP contribution in [0.3, 0.4) is 0 Å². The quantitative estimate of drug-likeness (QED) is 0.821. The highest BCUT2D eigenvalue weighted by molar-refractivity contribution is 5.80. The molecule has 0 aliphatic heterocycles. The second kappa shape index (κ2) is 5.42. The van der Waals surface area contributed by atoms with Gasteiger partial charge in [-0.1, -0.05) is 12.1 Å². The van der Waals surface area contributed by atoms with E-state index in [0.717, 1.165) is 18.6 Å². The molecule has 1 amide bonds. The van der Waals surface area contributed by atoms with Crippen molar-refractivity contribution in [1.29, 1.82) is 0 Å². The van der Waals surface area contributed by atoms with Crippen LogP contribution in [0.2, 0.25) is 0 Å². The molecule has 2 rings (SSSR count). The van der Waals surface area contributed by atoms with Crippen LogP contribution in [0.25, 0.3) is 0 Å². The third-order valence-electron chi connectivity index (χ3n) is 3.45. The van der Waals surface area contributed by atoms with Crippen LogP contribution in [0.5, 0.6) is 5.75 Å². The van der Waals surface area contributed by atoms with Crippen molar-refractivity contribution in [1.82, 2.24) is 4.90 Å². The molecule has 1 aromatic rings. The molecule has 18 heavy (non-hydrogen) atoms. The van der Waals surface area contributed by atoms with E-state index < -0.39 is 6.10 Å². The number of hydrogen-bond donors (Lipinski definition) is 0. The van der Waals surface area contributed by atoms with Gasteiger partial charge in [0.25, 0.3) is 5.91 Å². The molecular weight excluding hydrogens is 226 g/mol. The molecule has 1 unspecified atom stereocenters. The van der Waals surface area contributed by atoms with Crippen molar-refractivity contribution < 1.29 is 9.53 Å². The molecule has 0 saturated carbocycles. The number of carbonyl (C=O) groups excluding carboxylic acids is 1. The van der Waals surface area contributed by atoms with Gasteiger partial charge >= 0.3 is 0 Å². The largest absolute Gasteiger partial charge is 0.481 e. The van der Waals surface area contributed by atoms with Gasteiger partial charge in [-0.3, -0.25) is 4.79 Å². The lowest BCUT2D eigenvalue weighted by Crippen LogP contribution is -2.35. The molecule has 0 aromatic heterocycles. The minimum absolute atomic E-state index is 0.00316. The summed E-state index contributed by atoms with van der Waals surface area (Å²) in [5.41, 5.74) is 2.67. The molecule has 0 fully saturated rings. The van der Waals surface area contributed by atoms with Gasteiger partial charge < -0.3 is 9.64 Å². The van der Waals surface area contributed by atoms with Gasteiger partial charge in [0, 0.05) is 14.1 Å². The zero-order valence-electron chi connectivity index (χ0n) is 11.4. The third kappa shape index (κ3) is 2.66. The summed E-state index contributed by atoms with van der Waals surface area (Å²) >= 11 is 0. The number of ether oxygens (including phenoxy) is 1. The number of rotatable bonds is 3. The zero-order valence-corrected chi connectivity index (χ0v) is 11.4. The predicted octanol–water partition coefficient (Wildman–Crippen LogP) is 2.42. The Kier molecular flexibility index (Phi) is 3.90. The fourth-order valence-corrected chi connectivity index (χ4v) is 2.46. The smallest absolute Gasteiger partial charge is 0.262 e. The van der Waals surface area contributed by atoms with Gasteiger partial charge in [0.1, 0.15) is 5.75 Å². The molecule has 3 nitrogen and oxygen atoms in total. The van der Waals surface area contributed by atoms with Gasteiger partial charge in [-0.05, 0) is 49.8 Å². The van der Waals surface area contributed by atoms with E-state index in [4.69, 9.17) is 4.74 Å². The minimum Gasteiger partial charge on any atom is -0.481 e. The molecule has 0 spiro atoms. The Bertz CT molecular complexity index is 440. The second-order valence-electron chi connectivity index (χ2n) is 5.09. The van der Waals surface area contributed by atoms with Crippen LogP contribution in [0.1, 0.15) is 30.9 Å². The summed E-state index contributed by atoms with van der Waals surface area (Å²) in [5, 5.41) is 0. The highest BCUT2D eigenvalue weighted by Gasteiger charge is 2.20. The minimum atomic E-state index is -0.423. The molecule has 1 aliphatic carbocycles. The lowest BCUT2D eigenvalue weighted by Gasteiger charge is -2.23. The monoisotopic (exact) mass is 247 g/mol. The first-order valence-electron chi connectivity index (χ1n) is 6.58. The van der Waals surface area contributed by atoms with Crippen molar-refractivity contribution in [3.63, 3.8) is 0 Å². The molecule has 98 valence electrons. The number of likely N-dealkylation sites (N-methyl/N-ethyl adjacent to an activating group) is 1. The Morgan fingerprint density at radius 3 is 2.72 bits per heavy atom. The highest BCUT2D eigenvalue weighted by Crippen LogP contribution is 2.30. The molecule has 3 heteroatoms. The number of benzene rings is 1. The van der Waals surface area contributed by atoms with E-state index in [2.05, 4.69) is 6.07 Å². The average Bonchev–Trinajstić information content (AvgIpc) is 2.38. The van der Waals surface area contributed by atoms with Crippen LogP contribution in [0.15, 0.2) is 18.2 Å². The van der Waals surface area contributed by atoms with Crippen molar-refractivity contribution in [2.45, 2.75) is 38.7 Å². The first kappa shape index (κ1) is 12.9. The average molecular weight is 247 g/mol. The lowest BCUT2D eigenvalue weighted by atomic mass is 9.91. The van der Waals surface area contributed by atoms with E-state index >= 15 is 0 Å². The van der Waals surface area contributed by atoms with Gasteiger partial charge in [0.05, 0.1) is 0 Å². The zero-order chi connectivity index (χ0) is 13.1. The Morgan fingerprint density at radius 1 is 1.28 bits per heavy atom. The predicted molar refractivity (Wildman–Crippen MR) is 71.9 cm³/mol. The maximum atomic E-state index is 11.8. The van der Waals surface area contributed by atoms with Gasteiger partial charge in [-0.15, -0.1) is 0 Å². The van der Waals surface area contributed by atoms with Gasteiger partial charge in [0.15, 0.2) is 6.10 Å². The van der Waals surface area contributed by atoms with Crippen molar-refractivity contribution >= 4 is 5.91 Å². The fourth-order valence-electron chi connectivity index (χ4n) is 2.46. The van der Waals surface area contributed by atoms with E-state index in [1.807, 2.05) is 19.1 Å². The summed E-state index contributed by atoms with van der Waals surface area (Å²) < 4.78 is 5.84. The molecule has 0 radical (unpaired) electrons. The Labute approximate surface area is 109 Å².